The first-order valence-electron chi connectivity index (χ1n) is 6.09. The molecule has 0 spiro atoms. The van der Waals surface area contributed by atoms with Crippen LogP contribution in [0.2, 0.25) is 0 Å². The number of benzene rings is 1. The van der Waals surface area contributed by atoms with E-state index in [1.165, 1.54) is 6.26 Å². The van der Waals surface area contributed by atoms with Gasteiger partial charge in [-0.15, -0.1) is 0 Å². The van der Waals surface area contributed by atoms with Gasteiger partial charge in [0.25, 0.3) is 0 Å². The molecule has 0 saturated heterocycles. The van der Waals surface area contributed by atoms with Crippen LogP contribution >= 0.6 is 0 Å². The fraction of sp³-hybridized carbons (Fsp3) is 0.231. The van der Waals surface area contributed by atoms with Gasteiger partial charge in [-0.05, 0) is 6.07 Å². The summed E-state index contributed by atoms with van der Waals surface area (Å²) in [6, 6.07) is 7.31. The predicted molar refractivity (Wildman–Crippen MR) is 67.3 cm³/mol. The maximum absolute atomic E-state index is 12.0. The number of para-hydroxylation sites is 1. The zero-order chi connectivity index (χ0) is 14.9. The summed E-state index contributed by atoms with van der Waals surface area (Å²) in [5.41, 5.74) is 1.31. The van der Waals surface area contributed by atoms with Crippen molar-refractivity contribution in [2.24, 2.45) is 0 Å². The Labute approximate surface area is 116 Å². The van der Waals surface area contributed by atoms with Crippen molar-refractivity contribution in [2.75, 3.05) is 6.54 Å². The molecule has 3 aromatic rings. The first-order valence-corrected chi connectivity index (χ1v) is 6.09. The van der Waals surface area contributed by atoms with Gasteiger partial charge in [0, 0.05) is 5.39 Å². The molecule has 8 heteroatoms. The van der Waals surface area contributed by atoms with Gasteiger partial charge < -0.3 is 14.3 Å². The predicted octanol–water partition coefficient (Wildman–Crippen LogP) is 3.13. The van der Waals surface area contributed by atoms with Crippen LogP contribution in [0.15, 0.2) is 39.5 Å². The Morgan fingerprint density at radius 3 is 2.81 bits per heavy atom. The maximum Gasteiger partial charge on any atom is 0.401 e. The summed E-state index contributed by atoms with van der Waals surface area (Å²) in [5, 5.41) is 6.76. The molecule has 2 heterocycles. The minimum atomic E-state index is -4.27. The molecule has 5 nitrogen and oxygen atoms in total. The fourth-order valence-corrected chi connectivity index (χ4v) is 1.90. The van der Waals surface area contributed by atoms with Gasteiger partial charge in [0.2, 0.25) is 11.7 Å². The van der Waals surface area contributed by atoms with Crippen molar-refractivity contribution in [1.82, 2.24) is 15.5 Å². The molecule has 21 heavy (non-hydrogen) atoms. The monoisotopic (exact) mass is 297 g/mol. The van der Waals surface area contributed by atoms with Crippen LogP contribution in [0.5, 0.6) is 0 Å². The molecule has 3 rings (SSSR count). The molecule has 1 N–H and O–H groups in total. The summed E-state index contributed by atoms with van der Waals surface area (Å²) >= 11 is 0. The molecular formula is C13H10F3N3O2. The Hall–Kier alpha value is -2.35. The lowest BCUT2D eigenvalue weighted by Crippen LogP contribution is -2.28. The number of aromatic nitrogens is 2. The standard InChI is InChI=1S/C13H10F3N3O2/c14-13(15,16)7-17-5-11-18-12(19-21-11)9-6-20-10-4-2-1-3-8(9)10/h1-4,6,17H,5,7H2. The van der Waals surface area contributed by atoms with E-state index >= 15 is 0 Å². The van der Waals surface area contributed by atoms with E-state index in [4.69, 9.17) is 8.94 Å². The molecule has 0 amide bonds. The highest BCUT2D eigenvalue weighted by molar-refractivity contribution is 5.91. The topological polar surface area (TPSA) is 64.1 Å². The van der Waals surface area contributed by atoms with Crippen molar-refractivity contribution in [2.45, 2.75) is 12.7 Å². The molecule has 0 aliphatic rings. The minimum Gasteiger partial charge on any atom is -0.464 e. The van der Waals surface area contributed by atoms with Gasteiger partial charge in [0.05, 0.1) is 18.7 Å². The van der Waals surface area contributed by atoms with Crippen LogP contribution in [0.3, 0.4) is 0 Å². The van der Waals surface area contributed by atoms with Crippen molar-refractivity contribution >= 4 is 11.0 Å². The van der Waals surface area contributed by atoms with Crippen LogP contribution in [0.25, 0.3) is 22.4 Å². The number of nitrogens with zero attached hydrogens (tertiary/aromatic N) is 2. The lowest BCUT2D eigenvalue weighted by Gasteiger charge is -2.05. The van der Waals surface area contributed by atoms with E-state index in [-0.39, 0.29) is 18.3 Å². The molecule has 110 valence electrons. The number of alkyl halides is 3. The van der Waals surface area contributed by atoms with Crippen LogP contribution in [-0.2, 0) is 6.54 Å². The molecule has 0 aliphatic carbocycles. The smallest absolute Gasteiger partial charge is 0.401 e. The Morgan fingerprint density at radius 2 is 2.00 bits per heavy atom. The van der Waals surface area contributed by atoms with Crippen LogP contribution in [0.4, 0.5) is 13.2 Å². The zero-order valence-corrected chi connectivity index (χ0v) is 10.6. The molecule has 0 radical (unpaired) electrons. The number of furan rings is 1. The second kappa shape index (κ2) is 5.21. The van der Waals surface area contributed by atoms with Gasteiger partial charge in [-0.25, -0.2) is 0 Å². The summed E-state index contributed by atoms with van der Waals surface area (Å²) in [7, 11) is 0. The first kappa shape index (κ1) is 13.6. The number of rotatable bonds is 4. The Kier molecular flexibility index (Phi) is 3.38. The average molecular weight is 297 g/mol. The van der Waals surface area contributed by atoms with Crippen LogP contribution < -0.4 is 5.32 Å². The zero-order valence-electron chi connectivity index (χ0n) is 10.6. The highest BCUT2D eigenvalue weighted by Crippen LogP contribution is 2.28. The molecular weight excluding hydrogens is 287 g/mol. The second-order valence-electron chi connectivity index (χ2n) is 4.38. The number of halogens is 3. The molecule has 0 aliphatic heterocycles. The van der Waals surface area contributed by atoms with Crippen LogP contribution in [-0.4, -0.2) is 22.9 Å². The van der Waals surface area contributed by atoms with Gasteiger partial charge in [0.15, 0.2) is 0 Å². The third kappa shape index (κ3) is 3.05. The van der Waals surface area contributed by atoms with E-state index in [1.807, 2.05) is 18.2 Å². The van der Waals surface area contributed by atoms with Crippen molar-refractivity contribution in [3.63, 3.8) is 0 Å². The third-order valence-electron chi connectivity index (χ3n) is 2.79. The van der Waals surface area contributed by atoms with E-state index in [0.29, 0.717) is 11.1 Å². The molecule has 1 aromatic carbocycles. The summed E-state index contributed by atoms with van der Waals surface area (Å²) in [6.07, 6.45) is -2.79. The minimum absolute atomic E-state index is 0.0829. The van der Waals surface area contributed by atoms with Gasteiger partial charge >= 0.3 is 6.18 Å². The van der Waals surface area contributed by atoms with E-state index in [2.05, 4.69) is 15.5 Å². The van der Waals surface area contributed by atoms with E-state index in [1.54, 1.807) is 6.07 Å². The SMILES string of the molecule is FC(F)(F)CNCc1nc(-c2coc3ccccc23)no1. The highest BCUT2D eigenvalue weighted by atomic mass is 19.4. The van der Waals surface area contributed by atoms with E-state index in [0.717, 1.165) is 5.39 Å². The molecule has 0 saturated carbocycles. The normalized spacial score (nSPS) is 12.1. The van der Waals surface area contributed by atoms with Gasteiger partial charge in [-0.3, -0.25) is 0 Å². The molecule has 0 fully saturated rings. The van der Waals surface area contributed by atoms with E-state index in [9.17, 15) is 13.2 Å². The molecule has 2 aromatic heterocycles. The quantitative estimate of drug-likeness (QED) is 0.801. The largest absolute Gasteiger partial charge is 0.464 e. The number of fused-ring (bicyclic) bond motifs is 1. The third-order valence-corrected chi connectivity index (χ3v) is 2.79. The Morgan fingerprint density at radius 1 is 1.19 bits per heavy atom. The Bertz CT molecular complexity index is 748. The van der Waals surface area contributed by atoms with Crippen LogP contribution in [0.1, 0.15) is 5.89 Å². The van der Waals surface area contributed by atoms with Crippen LogP contribution in [0, 0.1) is 0 Å². The van der Waals surface area contributed by atoms with Gasteiger partial charge in [0.1, 0.15) is 11.8 Å². The highest BCUT2D eigenvalue weighted by Gasteiger charge is 2.26. The van der Waals surface area contributed by atoms with Crippen molar-refractivity contribution < 1.29 is 22.1 Å². The molecule has 0 bridgehead atoms. The van der Waals surface area contributed by atoms with E-state index < -0.39 is 12.7 Å². The average Bonchev–Trinajstić information content (AvgIpc) is 3.03. The van der Waals surface area contributed by atoms with Gasteiger partial charge in [-0.2, -0.15) is 18.2 Å². The number of hydrogen-bond acceptors (Lipinski definition) is 5. The lowest BCUT2D eigenvalue weighted by atomic mass is 10.2. The number of nitrogens with one attached hydrogen (secondary N) is 1. The fourth-order valence-electron chi connectivity index (χ4n) is 1.90. The summed E-state index contributed by atoms with van der Waals surface area (Å²) in [4.78, 5) is 4.05. The summed E-state index contributed by atoms with van der Waals surface area (Å²) in [6.45, 7) is -1.26. The maximum atomic E-state index is 12.0. The second-order valence-corrected chi connectivity index (χ2v) is 4.38. The molecule has 0 atom stereocenters. The lowest BCUT2D eigenvalue weighted by molar-refractivity contribution is -0.125. The van der Waals surface area contributed by atoms with Crippen molar-refractivity contribution in [1.29, 1.82) is 0 Å². The summed E-state index contributed by atoms with van der Waals surface area (Å²) < 4.78 is 46.3. The molecule has 0 unspecified atom stereocenters. The van der Waals surface area contributed by atoms with Crippen molar-refractivity contribution in [3.05, 3.63) is 36.4 Å². The Balaban J connectivity index is 1.76. The summed E-state index contributed by atoms with van der Waals surface area (Å²) in [5.74, 6) is 0.364. The number of hydrogen-bond donors (Lipinski definition) is 1. The first-order chi connectivity index (χ1) is 10.0. The van der Waals surface area contributed by atoms with Gasteiger partial charge in [-0.1, -0.05) is 23.4 Å². The van der Waals surface area contributed by atoms with Crippen molar-refractivity contribution in [3.8, 4) is 11.4 Å².